The molecule has 3 rings (SSSR count). The van der Waals surface area contributed by atoms with Crippen molar-refractivity contribution < 1.29 is 4.92 Å². The molecule has 0 aromatic heterocycles. The highest BCUT2D eigenvalue weighted by Gasteiger charge is 2.34. The molecule has 0 spiro atoms. The van der Waals surface area contributed by atoms with Gasteiger partial charge in [0.25, 0.3) is 5.69 Å². The minimum atomic E-state index is -0.513. The second-order valence-corrected chi connectivity index (χ2v) is 5.73. The Labute approximate surface area is 123 Å². The third kappa shape index (κ3) is 2.54. The number of nitrogens with zero attached hydrogens (tertiary/aromatic N) is 1. The highest BCUT2D eigenvalue weighted by atomic mass is 16.6. The SMILES string of the molecule is NC1(Cc2ccccc2[N+](=O)[O-])CCCc2ccccc21. The summed E-state index contributed by atoms with van der Waals surface area (Å²) in [6, 6.07) is 15.1. The summed E-state index contributed by atoms with van der Waals surface area (Å²) < 4.78 is 0. The molecular weight excluding hydrogens is 264 g/mol. The fourth-order valence-corrected chi connectivity index (χ4v) is 3.31. The average molecular weight is 282 g/mol. The van der Waals surface area contributed by atoms with Crippen LogP contribution in [0.4, 0.5) is 5.69 Å². The maximum atomic E-state index is 11.2. The molecule has 0 amide bonds. The smallest absolute Gasteiger partial charge is 0.272 e. The summed E-state index contributed by atoms with van der Waals surface area (Å²) in [7, 11) is 0. The fraction of sp³-hybridized carbons (Fsp3) is 0.294. The van der Waals surface area contributed by atoms with E-state index in [9.17, 15) is 10.1 Å². The van der Waals surface area contributed by atoms with Gasteiger partial charge in [0.15, 0.2) is 0 Å². The van der Waals surface area contributed by atoms with Gasteiger partial charge in [-0.25, -0.2) is 0 Å². The first-order valence-corrected chi connectivity index (χ1v) is 7.20. The Morgan fingerprint density at radius 1 is 1.14 bits per heavy atom. The number of benzene rings is 2. The van der Waals surface area contributed by atoms with E-state index in [0.717, 1.165) is 24.8 Å². The van der Waals surface area contributed by atoms with Gasteiger partial charge < -0.3 is 5.73 Å². The van der Waals surface area contributed by atoms with E-state index in [0.29, 0.717) is 12.0 Å². The van der Waals surface area contributed by atoms with Gasteiger partial charge >= 0.3 is 0 Å². The van der Waals surface area contributed by atoms with Gasteiger partial charge in [-0.1, -0.05) is 42.5 Å². The maximum Gasteiger partial charge on any atom is 0.272 e. The minimum absolute atomic E-state index is 0.158. The summed E-state index contributed by atoms with van der Waals surface area (Å²) >= 11 is 0. The molecule has 108 valence electrons. The second-order valence-electron chi connectivity index (χ2n) is 5.73. The van der Waals surface area contributed by atoms with Crippen molar-refractivity contribution in [1.29, 1.82) is 0 Å². The molecule has 0 bridgehead atoms. The molecule has 0 saturated carbocycles. The summed E-state index contributed by atoms with van der Waals surface area (Å²) in [5.74, 6) is 0. The molecule has 0 saturated heterocycles. The molecule has 1 aliphatic rings. The summed E-state index contributed by atoms with van der Waals surface area (Å²) in [6.45, 7) is 0. The van der Waals surface area contributed by atoms with Crippen LogP contribution in [0.25, 0.3) is 0 Å². The van der Waals surface area contributed by atoms with Crippen molar-refractivity contribution >= 4 is 5.69 Å². The van der Waals surface area contributed by atoms with Gasteiger partial charge in [-0.2, -0.15) is 0 Å². The van der Waals surface area contributed by atoms with Crippen LogP contribution in [0.2, 0.25) is 0 Å². The zero-order valence-corrected chi connectivity index (χ0v) is 11.8. The van der Waals surface area contributed by atoms with Crippen LogP contribution in [0, 0.1) is 10.1 Å². The summed E-state index contributed by atoms with van der Waals surface area (Å²) in [5, 5.41) is 11.2. The summed E-state index contributed by atoms with van der Waals surface area (Å²) in [6.07, 6.45) is 3.41. The third-order valence-corrected chi connectivity index (χ3v) is 4.32. The summed E-state index contributed by atoms with van der Waals surface area (Å²) in [5.41, 5.74) is 9.41. The van der Waals surface area contributed by atoms with E-state index in [-0.39, 0.29) is 10.6 Å². The number of hydrogen-bond donors (Lipinski definition) is 1. The lowest BCUT2D eigenvalue weighted by atomic mass is 9.74. The van der Waals surface area contributed by atoms with Crippen molar-refractivity contribution in [3.8, 4) is 0 Å². The predicted octanol–water partition coefficient (Wildman–Crippen LogP) is 3.33. The number of para-hydroxylation sites is 1. The highest BCUT2D eigenvalue weighted by Crippen LogP contribution is 2.37. The lowest BCUT2D eigenvalue weighted by molar-refractivity contribution is -0.385. The van der Waals surface area contributed by atoms with Gasteiger partial charge in [0, 0.05) is 23.6 Å². The van der Waals surface area contributed by atoms with Gasteiger partial charge in [-0.05, 0) is 30.4 Å². The van der Waals surface area contributed by atoms with Crippen LogP contribution in [0.15, 0.2) is 48.5 Å². The lowest BCUT2D eigenvalue weighted by Crippen LogP contribution is -2.42. The van der Waals surface area contributed by atoms with Crippen molar-refractivity contribution in [1.82, 2.24) is 0 Å². The quantitative estimate of drug-likeness (QED) is 0.693. The molecule has 2 aromatic rings. The Bertz CT molecular complexity index is 684. The Kier molecular flexibility index (Phi) is 3.47. The van der Waals surface area contributed by atoms with E-state index >= 15 is 0 Å². The molecule has 1 unspecified atom stereocenters. The molecule has 4 heteroatoms. The topological polar surface area (TPSA) is 69.2 Å². The van der Waals surface area contributed by atoms with Gasteiger partial charge in [0.05, 0.1) is 4.92 Å². The van der Waals surface area contributed by atoms with Gasteiger partial charge in [0.1, 0.15) is 0 Å². The van der Waals surface area contributed by atoms with Crippen LogP contribution >= 0.6 is 0 Å². The zero-order valence-electron chi connectivity index (χ0n) is 11.8. The molecule has 0 aliphatic heterocycles. The van der Waals surface area contributed by atoms with E-state index in [1.807, 2.05) is 24.3 Å². The van der Waals surface area contributed by atoms with Gasteiger partial charge in [-0.3, -0.25) is 10.1 Å². The molecule has 2 aromatic carbocycles. The molecule has 21 heavy (non-hydrogen) atoms. The predicted molar refractivity (Wildman–Crippen MR) is 82.0 cm³/mol. The fourth-order valence-electron chi connectivity index (χ4n) is 3.31. The minimum Gasteiger partial charge on any atom is -0.321 e. The summed E-state index contributed by atoms with van der Waals surface area (Å²) in [4.78, 5) is 10.9. The first kappa shape index (κ1) is 13.8. The Morgan fingerprint density at radius 2 is 1.86 bits per heavy atom. The number of fused-ring (bicyclic) bond motifs is 1. The highest BCUT2D eigenvalue weighted by molar-refractivity contribution is 5.44. The number of rotatable bonds is 3. The van der Waals surface area contributed by atoms with E-state index < -0.39 is 5.54 Å². The largest absolute Gasteiger partial charge is 0.321 e. The Morgan fingerprint density at radius 3 is 2.67 bits per heavy atom. The van der Waals surface area contributed by atoms with E-state index in [4.69, 9.17) is 5.73 Å². The first-order chi connectivity index (χ1) is 10.1. The average Bonchev–Trinajstić information content (AvgIpc) is 2.48. The number of nitro benzene ring substituents is 1. The third-order valence-electron chi connectivity index (χ3n) is 4.32. The van der Waals surface area contributed by atoms with Gasteiger partial charge in [0.2, 0.25) is 0 Å². The Hall–Kier alpha value is -2.20. The molecule has 4 nitrogen and oxygen atoms in total. The zero-order chi connectivity index (χ0) is 14.9. The molecule has 0 heterocycles. The normalized spacial score (nSPS) is 20.8. The second kappa shape index (κ2) is 5.30. The number of nitrogens with two attached hydrogens (primary N) is 1. The number of hydrogen-bond acceptors (Lipinski definition) is 3. The van der Waals surface area contributed by atoms with Crippen molar-refractivity contribution in [2.24, 2.45) is 5.73 Å². The van der Waals surface area contributed by atoms with Crippen molar-refractivity contribution in [3.63, 3.8) is 0 Å². The molecule has 1 aliphatic carbocycles. The van der Waals surface area contributed by atoms with Crippen molar-refractivity contribution in [3.05, 3.63) is 75.3 Å². The molecule has 0 radical (unpaired) electrons. The number of aryl methyl sites for hydroxylation is 1. The van der Waals surface area contributed by atoms with E-state index in [2.05, 4.69) is 12.1 Å². The van der Waals surface area contributed by atoms with Crippen LogP contribution in [0.5, 0.6) is 0 Å². The first-order valence-electron chi connectivity index (χ1n) is 7.20. The molecule has 0 fully saturated rings. The number of nitro groups is 1. The monoisotopic (exact) mass is 282 g/mol. The Balaban J connectivity index is 2.01. The van der Waals surface area contributed by atoms with Crippen LogP contribution in [0.1, 0.15) is 29.5 Å². The van der Waals surface area contributed by atoms with E-state index in [1.165, 1.54) is 5.56 Å². The van der Waals surface area contributed by atoms with Crippen LogP contribution < -0.4 is 5.73 Å². The maximum absolute atomic E-state index is 11.2. The van der Waals surface area contributed by atoms with Gasteiger partial charge in [-0.15, -0.1) is 0 Å². The van der Waals surface area contributed by atoms with Crippen molar-refractivity contribution in [2.45, 2.75) is 31.2 Å². The van der Waals surface area contributed by atoms with Crippen LogP contribution in [-0.4, -0.2) is 4.92 Å². The molecular formula is C17H18N2O2. The van der Waals surface area contributed by atoms with Crippen molar-refractivity contribution in [2.75, 3.05) is 0 Å². The standard InChI is InChI=1S/C17H18N2O2/c18-17(11-5-8-13-6-1-3-9-15(13)17)12-14-7-2-4-10-16(14)19(20)21/h1-4,6-7,9-10H,5,8,11-12,18H2. The van der Waals surface area contributed by atoms with Crippen LogP contribution in [0.3, 0.4) is 0 Å². The molecule has 1 atom stereocenters. The van der Waals surface area contributed by atoms with Crippen LogP contribution in [-0.2, 0) is 18.4 Å². The molecule has 2 N–H and O–H groups in total. The lowest BCUT2D eigenvalue weighted by Gasteiger charge is -2.36. The van der Waals surface area contributed by atoms with E-state index in [1.54, 1.807) is 12.1 Å².